The third kappa shape index (κ3) is 6.81. The van der Waals surface area contributed by atoms with Gasteiger partial charge >= 0.3 is 0 Å². The molecule has 2 rings (SSSR count). The average molecular weight is 398 g/mol. The number of aliphatic hydroxyl groups is 1. The number of nitrogens with zero attached hydrogens (tertiary/aromatic N) is 1. The smallest absolute Gasteiger partial charge is 0.290 e. The molecule has 0 aliphatic carbocycles. The van der Waals surface area contributed by atoms with Crippen molar-refractivity contribution in [1.82, 2.24) is 0 Å². The molecule has 23 heavy (non-hydrogen) atoms. The van der Waals surface area contributed by atoms with Gasteiger partial charge in [-0.25, -0.2) is 8.78 Å². The number of carbonyl (C=O) groups excluding carboxylic acids is 1. The maximum absolute atomic E-state index is 13.0. The number of hydrogen-bond donors (Lipinski definition) is 2. The monoisotopic (exact) mass is 398 g/mol. The molecule has 0 spiro atoms. The normalized spacial score (nSPS) is 9.30. The predicted molar refractivity (Wildman–Crippen MR) is 79.2 cm³/mol. The third-order valence-corrected chi connectivity index (χ3v) is 2.93. The third-order valence-electron chi connectivity index (χ3n) is 2.93. The van der Waals surface area contributed by atoms with Crippen LogP contribution in [0.5, 0.6) is 0 Å². The standard InChI is InChI=1S/C15H14F2N2O.CH4O.Y/c1-10-4-3-5-11(2)15(10)18-14(20)9-19-7-12(16)6-13(17)8-19;1-2;/h3-8H,9H2,1-2H3;2H,1H3;/p+1. The van der Waals surface area contributed by atoms with Crippen molar-refractivity contribution in [3.8, 4) is 0 Å². The molecule has 1 amide bonds. The molecule has 0 unspecified atom stereocenters. The number of aromatic nitrogens is 1. The van der Waals surface area contributed by atoms with Crippen LogP contribution in [0.3, 0.4) is 0 Å². The molecule has 0 fully saturated rings. The van der Waals surface area contributed by atoms with Gasteiger partial charge in [0.05, 0.1) is 0 Å². The number of pyridine rings is 1. The summed E-state index contributed by atoms with van der Waals surface area (Å²) < 4.78 is 27.3. The minimum Gasteiger partial charge on any atom is -0.400 e. The number of anilines is 1. The van der Waals surface area contributed by atoms with E-state index in [-0.39, 0.29) is 45.2 Å². The van der Waals surface area contributed by atoms with Gasteiger partial charge in [0, 0.05) is 51.6 Å². The van der Waals surface area contributed by atoms with Crippen LogP contribution in [-0.4, -0.2) is 18.1 Å². The topological polar surface area (TPSA) is 53.2 Å². The minimum atomic E-state index is -0.718. The van der Waals surface area contributed by atoms with Crippen molar-refractivity contribution in [2.45, 2.75) is 20.4 Å². The number of para-hydroxylation sites is 1. The number of amides is 1. The van der Waals surface area contributed by atoms with E-state index in [0.29, 0.717) is 0 Å². The number of benzene rings is 1. The Hall–Kier alpha value is -1.24. The molecule has 0 aliphatic heterocycles. The van der Waals surface area contributed by atoms with Crippen molar-refractivity contribution in [3.63, 3.8) is 0 Å². The van der Waals surface area contributed by atoms with E-state index in [1.807, 2.05) is 32.0 Å². The van der Waals surface area contributed by atoms with E-state index in [0.717, 1.165) is 42.4 Å². The first-order valence-corrected chi connectivity index (χ1v) is 6.61. The quantitative estimate of drug-likeness (QED) is 0.779. The van der Waals surface area contributed by atoms with Gasteiger partial charge in [-0.2, -0.15) is 4.57 Å². The van der Waals surface area contributed by atoms with Crippen LogP contribution < -0.4 is 9.88 Å². The number of nitrogens with one attached hydrogen (secondary N) is 1. The molecule has 0 bridgehead atoms. The molecular formula is C16H19F2N2O2Y+. The zero-order valence-corrected chi connectivity index (χ0v) is 16.1. The zero-order valence-electron chi connectivity index (χ0n) is 13.3. The van der Waals surface area contributed by atoms with Gasteiger partial charge < -0.3 is 10.4 Å². The summed E-state index contributed by atoms with van der Waals surface area (Å²) in [5.74, 6) is -1.77. The summed E-state index contributed by atoms with van der Waals surface area (Å²) in [6, 6.07) is 6.44. The van der Waals surface area contributed by atoms with Crippen LogP contribution in [0.15, 0.2) is 36.7 Å². The van der Waals surface area contributed by atoms with Gasteiger partial charge in [0.1, 0.15) is 0 Å². The molecular weight excluding hydrogens is 379 g/mol. The van der Waals surface area contributed by atoms with Crippen LogP contribution in [0.1, 0.15) is 11.1 Å². The summed E-state index contributed by atoms with van der Waals surface area (Å²) in [6.45, 7) is 3.62. The van der Waals surface area contributed by atoms with Crippen molar-refractivity contribution in [2.24, 2.45) is 0 Å². The van der Waals surface area contributed by atoms with Gasteiger partial charge in [-0.05, 0) is 25.0 Å². The van der Waals surface area contributed by atoms with Crippen LogP contribution in [-0.2, 0) is 44.0 Å². The number of carbonyl (C=O) groups is 1. The maximum atomic E-state index is 13.0. The Balaban J connectivity index is 0.00000155. The fraction of sp³-hybridized carbons (Fsp3) is 0.250. The van der Waals surface area contributed by atoms with Gasteiger partial charge in [-0.15, -0.1) is 0 Å². The summed E-state index contributed by atoms with van der Waals surface area (Å²) >= 11 is 0. The van der Waals surface area contributed by atoms with Crippen molar-refractivity contribution in [3.05, 3.63) is 59.4 Å². The second-order valence-corrected chi connectivity index (χ2v) is 4.66. The number of aliphatic hydroxyl groups excluding tert-OH is 1. The number of hydrogen-bond acceptors (Lipinski definition) is 2. The molecule has 1 heterocycles. The molecule has 0 aliphatic rings. The van der Waals surface area contributed by atoms with Crippen molar-refractivity contribution < 1.29 is 56.0 Å². The van der Waals surface area contributed by atoms with Gasteiger partial charge in [0.25, 0.3) is 5.91 Å². The van der Waals surface area contributed by atoms with E-state index in [1.54, 1.807) is 0 Å². The first kappa shape index (κ1) is 21.8. The summed E-state index contributed by atoms with van der Waals surface area (Å²) in [5.41, 5.74) is 2.61. The molecule has 121 valence electrons. The average Bonchev–Trinajstić information content (AvgIpc) is 2.44. The Morgan fingerprint density at radius 1 is 1.13 bits per heavy atom. The Labute approximate surface area is 159 Å². The van der Waals surface area contributed by atoms with Crippen LogP contribution >= 0.6 is 0 Å². The molecule has 7 heteroatoms. The minimum absolute atomic E-state index is 0. The molecule has 0 saturated carbocycles. The first-order valence-electron chi connectivity index (χ1n) is 6.61. The van der Waals surface area contributed by atoms with Gasteiger partial charge in [-0.3, -0.25) is 4.79 Å². The molecule has 1 aromatic heterocycles. The summed E-state index contributed by atoms with van der Waals surface area (Å²) in [5, 5.41) is 9.76. The van der Waals surface area contributed by atoms with Gasteiger partial charge in [-0.1, -0.05) is 18.2 Å². The summed E-state index contributed by atoms with van der Waals surface area (Å²) in [4.78, 5) is 11.9. The molecule has 4 nitrogen and oxygen atoms in total. The second-order valence-electron chi connectivity index (χ2n) is 4.66. The predicted octanol–water partition coefficient (Wildman–Crippen LogP) is 2.11. The van der Waals surface area contributed by atoms with E-state index in [9.17, 15) is 13.6 Å². The fourth-order valence-electron chi connectivity index (χ4n) is 2.01. The molecule has 0 saturated heterocycles. The second kappa shape index (κ2) is 10.5. The van der Waals surface area contributed by atoms with E-state index < -0.39 is 11.6 Å². The Morgan fingerprint density at radius 3 is 2.09 bits per heavy atom. The van der Waals surface area contributed by atoms with Crippen molar-refractivity contribution >= 4 is 11.6 Å². The van der Waals surface area contributed by atoms with E-state index in [4.69, 9.17) is 5.11 Å². The molecule has 0 atom stereocenters. The number of rotatable bonds is 3. The first-order chi connectivity index (χ1) is 10.5. The van der Waals surface area contributed by atoms with Crippen LogP contribution in [0, 0.1) is 25.5 Å². The Morgan fingerprint density at radius 2 is 1.61 bits per heavy atom. The maximum Gasteiger partial charge on any atom is 0.290 e. The van der Waals surface area contributed by atoms with Crippen molar-refractivity contribution in [2.75, 3.05) is 12.4 Å². The Bertz CT molecular complexity index is 626. The number of halogens is 2. The van der Waals surface area contributed by atoms with E-state index in [2.05, 4.69) is 5.32 Å². The number of aryl methyl sites for hydroxylation is 2. The largest absolute Gasteiger partial charge is 0.400 e. The molecule has 1 aromatic carbocycles. The van der Waals surface area contributed by atoms with Crippen LogP contribution in [0.2, 0.25) is 0 Å². The van der Waals surface area contributed by atoms with Gasteiger partial charge in [0.2, 0.25) is 18.9 Å². The molecule has 1 radical (unpaired) electrons. The summed E-state index contributed by atoms with van der Waals surface area (Å²) in [7, 11) is 1.00. The Kier molecular flexibility index (Phi) is 9.96. The van der Waals surface area contributed by atoms with Crippen LogP contribution in [0.4, 0.5) is 14.5 Å². The SMILES string of the molecule is CO.Cc1cccc(C)c1NC(=O)C[n+]1cc(F)cc(F)c1.[Y]. The fourth-order valence-corrected chi connectivity index (χ4v) is 2.01. The summed E-state index contributed by atoms with van der Waals surface area (Å²) in [6.07, 6.45) is 2.15. The van der Waals surface area contributed by atoms with Crippen molar-refractivity contribution in [1.29, 1.82) is 0 Å². The zero-order chi connectivity index (χ0) is 16.7. The molecule has 2 aromatic rings. The molecule has 2 N–H and O–H groups in total. The van der Waals surface area contributed by atoms with Crippen LogP contribution in [0.25, 0.3) is 0 Å². The van der Waals surface area contributed by atoms with E-state index >= 15 is 0 Å². The van der Waals surface area contributed by atoms with Gasteiger partial charge in [0.15, 0.2) is 11.6 Å². The van der Waals surface area contributed by atoms with E-state index in [1.165, 1.54) is 4.57 Å².